The van der Waals surface area contributed by atoms with E-state index in [1.807, 2.05) is 0 Å². The normalized spacial score (nSPS) is 158. The van der Waals surface area contributed by atoms with E-state index in [1.165, 1.54) is 24.1 Å². The van der Waals surface area contributed by atoms with E-state index in [-0.39, 0.29) is 0 Å². The van der Waals surface area contributed by atoms with Gasteiger partial charge in [0.1, 0.15) is 0 Å². The average molecular weight is 216 g/mol. The molecule has 4 atom stereocenters. The van der Waals surface area contributed by atoms with Crippen LogP contribution in [0.1, 0.15) is 0 Å². The summed E-state index contributed by atoms with van der Waals surface area (Å²) in [5, 5.41) is 0. The van der Waals surface area contributed by atoms with Crippen LogP contribution in [0.25, 0.3) is 0 Å². The van der Waals surface area contributed by atoms with Crippen LogP contribution in [0.5, 0.6) is 0 Å². The van der Waals surface area contributed by atoms with Crippen molar-refractivity contribution in [1.29, 1.82) is 0 Å². The van der Waals surface area contributed by atoms with E-state index in [9.17, 15) is 0 Å². The van der Waals surface area contributed by atoms with Crippen LogP contribution in [-0.2, 0) is 6.51 Å². The fourth-order valence-electron chi connectivity index (χ4n) is 16.9. The summed E-state index contributed by atoms with van der Waals surface area (Å²) in [7, 11) is 0. The van der Waals surface area contributed by atoms with Crippen LogP contribution in [0, 0.1) is 0 Å². The average Bonchev–Trinajstić information content (AvgIpc) is 3.00. The van der Waals surface area contributed by atoms with Gasteiger partial charge in [0, 0.05) is 0 Å². The number of hydrogen-bond acceptors (Lipinski definition) is 2. The van der Waals surface area contributed by atoms with Crippen LogP contribution in [0.3, 0.4) is 0 Å². The summed E-state index contributed by atoms with van der Waals surface area (Å²) in [6, 6.07) is 0. The van der Waals surface area contributed by atoms with E-state index in [0.717, 1.165) is 14.4 Å². The molecule has 0 aromatic rings. The quantitative estimate of drug-likeness (QED) is 0.596. The number of rotatable bonds is 0. The van der Waals surface area contributed by atoms with Crippen molar-refractivity contribution >= 4 is 0 Å². The molecule has 10 aliphatic heterocycles. The SMILES string of the molecule is N[C]12[CH]3[CH]4[C]5(N)[CH]1[Fe]34251678[CH]2[CH]1[CH]6[CH]7[CH]28. The molecule has 10 aliphatic rings. The minimum absolute atomic E-state index is 0.531. The summed E-state index contributed by atoms with van der Waals surface area (Å²) in [5.41, 5.74) is 13.7. The molecule has 1 spiro atoms. The molecule has 0 aromatic carbocycles. The van der Waals surface area contributed by atoms with Gasteiger partial charge in [-0.2, -0.15) is 0 Å². The Balaban J connectivity index is 2.19. The molecule has 4 N–H and O–H groups in total. The first-order chi connectivity index (χ1) is 5.93. The second-order valence-electron chi connectivity index (χ2n) is 9.90. The minimum atomic E-state index is -3.06. The van der Waals surface area contributed by atoms with Gasteiger partial charge in [0.05, 0.1) is 0 Å². The summed E-state index contributed by atoms with van der Waals surface area (Å²) < 4.78 is 1.06. The second-order valence-corrected chi connectivity index (χ2v) is 33.2. The Morgan fingerprint density at radius 1 is 0.769 bits per heavy atom. The van der Waals surface area contributed by atoms with Gasteiger partial charge in [0.15, 0.2) is 0 Å². The topological polar surface area (TPSA) is 52.0 Å². The van der Waals surface area contributed by atoms with Gasteiger partial charge in [0.2, 0.25) is 0 Å². The van der Waals surface area contributed by atoms with Gasteiger partial charge in [0.25, 0.3) is 0 Å². The van der Waals surface area contributed by atoms with Crippen LogP contribution < -0.4 is 11.5 Å². The van der Waals surface area contributed by atoms with Gasteiger partial charge in [-0.25, -0.2) is 0 Å². The number of nitrogens with two attached hydrogens (primary N) is 2. The monoisotopic (exact) mass is 216 g/mol. The molecule has 70 valence electrons. The van der Waals surface area contributed by atoms with Crippen molar-refractivity contribution in [2.24, 2.45) is 11.5 Å². The molecule has 0 bridgehead atoms. The second kappa shape index (κ2) is 0.245. The molecule has 0 amide bonds. The Hall–Kier alpha value is 0.439. The Morgan fingerprint density at radius 2 is 1.15 bits per heavy atom. The summed E-state index contributed by atoms with van der Waals surface area (Å²) in [6.45, 7) is -3.06. The van der Waals surface area contributed by atoms with Crippen LogP contribution in [0.2, 0.25) is 38.5 Å². The molecule has 10 saturated heterocycles. The maximum atomic E-state index is 6.86. The third-order valence-electron chi connectivity index (χ3n) is 15.0. The zero-order valence-electron chi connectivity index (χ0n) is 7.13. The summed E-state index contributed by atoms with van der Waals surface area (Å²) in [4.78, 5) is 9.74. The zero-order valence-corrected chi connectivity index (χ0v) is 8.23. The Morgan fingerprint density at radius 3 is 1.15 bits per heavy atom. The molecule has 0 radical (unpaired) electrons. The van der Waals surface area contributed by atoms with E-state index in [0.29, 0.717) is 8.87 Å². The molecule has 2 nitrogen and oxygen atoms in total. The van der Waals surface area contributed by atoms with Crippen LogP contribution in [-0.4, -0.2) is 8.87 Å². The Labute approximate surface area is 65.7 Å². The van der Waals surface area contributed by atoms with Crippen molar-refractivity contribution in [2.75, 3.05) is 0 Å². The molecule has 0 aromatic heterocycles. The van der Waals surface area contributed by atoms with Gasteiger partial charge in [-0.1, -0.05) is 0 Å². The maximum absolute atomic E-state index is 6.86. The molecule has 10 heterocycles. The van der Waals surface area contributed by atoms with Gasteiger partial charge in [-0.05, 0) is 0 Å². The molecule has 4 unspecified atom stereocenters. The van der Waals surface area contributed by atoms with Gasteiger partial charge >= 0.3 is 65.4 Å². The molecule has 13 heavy (non-hydrogen) atoms. The first kappa shape index (κ1) is 4.13. The number of hydrogen-bond donors (Lipinski definition) is 2. The molecule has 0 aliphatic carbocycles. The summed E-state index contributed by atoms with van der Waals surface area (Å²) in [5.74, 6) is 0. The van der Waals surface area contributed by atoms with E-state index >= 15 is 0 Å². The third-order valence-corrected chi connectivity index (χ3v) is 57.7. The van der Waals surface area contributed by atoms with Gasteiger partial charge in [-0.3, -0.25) is 0 Å². The summed E-state index contributed by atoms with van der Waals surface area (Å²) >= 11 is 0. The Kier molecular flexibility index (Phi) is 0.0780. The van der Waals surface area contributed by atoms with Gasteiger partial charge in [-0.15, -0.1) is 0 Å². The standard InChI is InChI=1S/C5H7N2.C5H5.Fe/c6-4-1-2-5(7)3-4;1-2-4-5-3-1;/h1-3H,6-7H2;1-5H;. The fraction of sp³-hybridized carbons (Fsp3) is 1.00. The molecule has 10 fully saturated rings. The van der Waals surface area contributed by atoms with Crippen LogP contribution in [0.15, 0.2) is 0 Å². The fourth-order valence-corrected chi connectivity index (χ4v) is 89.8. The van der Waals surface area contributed by atoms with E-state index in [2.05, 4.69) is 0 Å². The molecular weight excluding hydrogens is 204 g/mol. The predicted octanol–water partition coefficient (Wildman–Crippen LogP) is 1.11. The van der Waals surface area contributed by atoms with Gasteiger partial charge < -0.3 is 0 Å². The Bertz CT molecular complexity index is 852. The van der Waals surface area contributed by atoms with Crippen molar-refractivity contribution in [3.8, 4) is 0 Å². The van der Waals surface area contributed by atoms with Crippen molar-refractivity contribution < 1.29 is 6.51 Å². The molecular formula is C10H12FeN2. The first-order valence-corrected chi connectivity index (χ1v) is 11.9. The van der Waals surface area contributed by atoms with Crippen molar-refractivity contribution in [1.82, 2.24) is 0 Å². The predicted molar refractivity (Wildman–Crippen MR) is 43.8 cm³/mol. The van der Waals surface area contributed by atoms with Crippen LogP contribution in [0.4, 0.5) is 0 Å². The van der Waals surface area contributed by atoms with Crippen molar-refractivity contribution in [3.05, 3.63) is 0 Å². The zero-order chi connectivity index (χ0) is 7.94. The molecule has 0 saturated carbocycles. The van der Waals surface area contributed by atoms with E-state index in [4.69, 9.17) is 11.5 Å². The molecule has 3 heteroatoms. The van der Waals surface area contributed by atoms with Crippen molar-refractivity contribution in [2.45, 2.75) is 47.4 Å². The summed E-state index contributed by atoms with van der Waals surface area (Å²) in [6.07, 6.45) is 0. The molecule has 10 rings (SSSR count). The third kappa shape index (κ3) is 0.0264. The van der Waals surface area contributed by atoms with Crippen LogP contribution >= 0.6 is 0 Å². The first-order valence-electron chi connectivity index (χ1n) is 5.72. The van der Waals surface area contributed by atoms with E-state index < -0.39 is 6.51 Å². The van der Waals surface area contributed by atoms with Crippen molar-refractivity contribution in [3.63, 3.8) is 0 Å². The number of fused-ring (bicyclic) bond motifs is 10. The van der Waals surface area contributed by atoms with E-state index in [1.54, 1.807) is 0 Å².